The zero-order valence-electron chi connectivity index (χ0n) is 11.1. The topological polar surface area (TPSA) is 32.3 Å². The van der Waals surface area contributed by atoms with Crippen LogP contribution in [0.25, 0.3) is 0 Å². The first-order valence-electron chi connectivity index (χ1n) is 6.31. The van der Waals surface area contributed by atoms with E-state index in [-0.39, 0.29) is 11.9 Å². The Morgan fingerprint density at radius 1 is 1.38 bits per heavy atom. The summed E-state index contributed by atoms with van der Waals surface area (Å²) in [7, 11) is 0. The highest BCUT2D eigenvalue weighted by Crippen LogP contribution is 2.21. The first-order chi connectivity index (χ1) is 7.51. The molecule has 92 valence electrons. The molecule has 3 atom stereocenters. The van der Waals surface area contributed by atoms with Crippen LogP contribution in [0.15, 0.2) is 11.8 Å². The molecule has 0 radical (unpaired) electrons. The van der Waals surface area contributed by atoms with Crippen molar-refractivity contribution in [2.45, 2.75) is 65.6 Å². The largest absolute Gasteiger partial charge is 0.384 e. The Morgan fingerprint density at radius 3 is 2.50 bits per heavy atom. The van der Waals surface area contributed by atoms with E-state index in [9.17, 15) is 4.79 Å². The molecular weight excluding hydrogens is 200 g/mol. The summed E-state index contributed by atoms with van der Waals surface area (Å²) in [5, 5.41) is 3.42. The van der Waals surface area contributed by atoms with Crippen molar-refractivity contribution in [3.8, 4) is 0 Å². The van der Waals surface area contributed by atoms with E-state index in [1.165, 1.54) is 0 Å². The molecular formula is C13H24N2O. The first kappa shape index (κ1) is 13.1. The van der Waals surface area contributed by atoms with Gasteiger partial charge in [-0.15, -0.1) is 0 Å². The molecule has 1 N–H and O–H groups in total. The highest BCUT2D eigenvalue weighted by molar-refractivity contribution is 5.92. The molecule has 0 aromatic heterocycles. The van der Waals surface area contributed by atoms with Gasteiger partial charge in [-0.2, -0.15) is 0 Å². The molecule has 16 heavy (non-hydrogen) atoms. The maximum Gasteiger partial charge on any atom is 0.249 e. The standard InChI is InChI=1S/C13H24N2O/c1-6-9(3)14-12-8-13(16)15(11(12)5)10(4)7-2/h8-11,14H,6-7H2,1-5H3/t9-,10-,11-/m0/s1. The molecule has 1 aliphatic rings. The van der Waals surface area contributed by atoms with Crippen LogP contribution in [-0.4, -0.2) is 28.9 Å². The molecule has 3 heteroatoms. The Hall–Kier alpha value is -0.990. The van der Waals surface area contributed by atoms with Crippen LogP contribution in [0.5, 0.6) is 0 Å². The van der Waals surface area contributed by atoms with Crippen LogP contribution in [0, 0.1) is 0 Å². The zero-order valence-corrected chi connectivity index (χ0v) is 11.1. The third-order valence-corrected chi connectivity index (χ3v) is 3.49. The fourth-order valence-corrected chi connectivity index (χ4v) is 2.01. The van der Waals surface area contributed by atoms with Gasteiger partial charge in [-0.25, -0.2) is 0 Å². The Morgan fingerprint density at radius 2 is 2.00 bits per heavy atom. The van der Waals surface area contributed by atoms with Crippen molar-refractivity contribution in [2.75, 3.05) is 0 Å². The van der Waals surface area contributed by atoms with Crippen LogP contribution in [0.3, 0.4) is 0 Å². The maximum atomic E-state index is 11.9. The quantitative estimate of drug-likeness (QED) is 0.777. The SMILES string of the molecule is CC[C@H](C)NC1=CC(=O)N([C@@H](C)CC)[C@H]1C. The van der Waals surface area contributed by atoms with Gasteiger partial charge in [0.05, 0.1) is 6.04 Å². The van der Waals surface area contributed by atoms with Crippen LogP contribution in [-0.2, 0) is 4.79 Å². The van der Waals surface area contributed by atoms with E-state index in [0.717, 1.165) is 18.5 Å². The smallest absolute Gasteiger partial charge is 0.249 e. The second-order valence-corrected chi connectivity index (χ2v) is 4.73. The van der Waals surface area contributed by atoms with E-state index in [0.29, 0.717) is 12.1 Å². The molecule has 0 spiro atoms. The van der Waals surface area contributed by atoms with E-state index in [2.05, 4.69) is 39.9 Å². The number of carbonyl (C=O) groups is 1. The Balaban J connectivity index is 2.70. The highest BCUT2D eigenvalue weighted by Gasteiger charge is 2.32. The molecule has 0 aromatic carbocycles. The fourth-order valence-electron chi connectivity index (χ4n) is 2.01. The van der Waals surface area contributed by atoms with Gasteiger partial charge in [0.1, 0.15) is 0 Å². The molecule has 1 heterocycles. The third-order valence-electron chi connectivity index (χ3n) is 3.49. The Labute approximate surface area is 98.9 Å². The number of amides is 1. The van der Waals surface area contributed by atoms with Crippen LogP contribution < -0.4 is 5.32 Å². The van der Waals surface area contributed by atoms with Gasteiger partial charge in [-0.1, -0.05) is 13.8 Å². The Bertz CT molecular complexity index is 286. The van der Waals surface area contributed by atoms with Crippen LogP contribution in [0.1, 0.15) is 47.5 Å². The predicted octanol–water partition coefficient (Wildman–Crippen LogP) is 2.29. The molecule has 0 unspecified atom stereocenters. The van der Waals surface area contributed by atoms with Gasteiger partial charge in [-0.3, -0.25) is 4.79 Å². The summed E-state index contributed by atoms with van der Waals surface area (Å²) in [6, 6.07) is 0.935. The minimum Gasteiger partial charge on any atom is -0.384 e. The van der Waals surface area contributed by atoms with E-state index < -0.39 is 0 Å². The lowest BCUT2D eigenvalue weighted by molar-refractivity contribution is -0.127. The number of rotatable bonds is 5. The summed E-state index contributed by atoms with van der Waals surface area (Å²) in [4.78, 5) is 13.8. The summed E-state index contributed by atoms with van der Waals surface area (Å²) >= 11 is 0. The number of nitrogens with zero attached hydrogens (tertiary/aromatic N) is 1. The molecule has 3 nitrogen and oxygen atoms in total. The van der Waals surface area contributed by atoms with Gasteiger partial charge >= 0.3 is 0 Å². The fraction of sp³-hybridized carbons (Fsp3) is 0.769. The number of hydrogen-bond acceptors (Lipinski definition) is 2. The molecule has 0 fully saturated rings. The average Bonchev–Trinajstić information content (AvgIpc) is 2.53. The minimum atomic E-state index is 0.146. The molecule has 0 saturated heterocycles. The van der Waals surface area contributed by atoms with Crippen molar-refractivity contribution in [3.05, 3.63) is 11.8 Å². The van der Waals surface area contributed by atoms with Gasteiger partial charge in [0.25, 0.3) is 0 Å². The van der Waals surface area contributed by atoms with Crippen molar-refractivity contribution in [2.24, 2.45) is 0 Å². The van der Waals surface area contributed by atoms with E-state index >= 15 is 0 Å². The number of nitrogens with one attached hydrogen (secondary N) is 1. The van der Waals surface area contributed by atoms with E-state index in [4.69, 9.17) is 0 Å². The molecule has 0 aliphatic carbocycles. The van der Waals surface area contributed by atoms with Crippen molar-refractivity contribution in [1.29, 1.82) is 0 Å². The predicted molar refractivity (Wildman–Crippen MR) is 67.0 cm³/mol. The third kappa shape index (κ3) is 2.57. The number of hydrogen-bond donors (Lipinski definition) is 1. The molecule has 1 rings (SSSR count). The minimum absolute atomic E-state index is 0.146. The maximum absolute atomic E-state index is 11.9. The summed E-state index contributed by atoms with van der Waals surface area (Å²) in [6.45, 7) is 10.6. The zero-order chi connectivity index (χ0) is 12.3. The lowest BCUT2D eigenvalue weighted by atomic mass is 10.1. The summed E-state index contributed by atoms with van der Waals surface area (Å²) in [5.74, 6) is 0.146. The van der Waals surface area contributed by atoms with Crippen LogP contribution in [0.2, 0.25) is 0 Å². The van der Waals surface area contributed by atoms with E-state index in [1.807, 2.05) is 4.90 Å². The van der Waals surface area contributed by atoms with Crippen LogP contribution in [0.4, 0.5) is 0 Å². The van der Waals surface area contributed by atoms with Crippen molar-refractivity contribution in [1.82, 2.24) is 10.2 Å². The van der Waals surface area contributed by atoms with Gasteiger partial charge < -0.3 is 10.2 Å². The Kier molecular flexibility index (Phi) is 4.39. The average molecular weight is 224 g/mol. The van der Waals surface area contributed by atoms with Crippen molar-refractivity contribution >= 4 is 5.91 Å². The second kappa shape index (κ2) is 5.37. The van der Waals surface area contributed by atoms with Crippen LogP contribution >= 0.6 is 0 Å². The molecule has 0 saturated carbocycles. The second-order valence-electron chi connectivity index (χ2n) is 4.73. The van der Waals surface area contributed by atoms with Gasteiger partial charge in [0.15, 0.2) is 0 Å². The highest BCUT2D eigenvalue weighted by atomic mass is 16.2. The van der Waals surface area contributed by atoms with Gasteiger partial charge in [-0.05, 0) is 33.6 Å². The molecule has 0 aromatic rings. The normalized spacial score (nSPS) is 24.3. The lowest BCUT2D eigenvalue weighted by Crippen LogP contribution is -2.42. The molecule has 0 bridgehead atoms. The van der Waals surface area contributed by atoms with E-state index in [1.54, 1.807) is 6.08 Å². The molecule has 1 amide bonds. The first-order valence-corrected chi connectivity index (χ1v) is 6.31. The van der Waals surface area contributed by atoms with Crippen molar-refractivity contribution < 1.29 is 4.79 Å². The van der Waals surface area contributed by atoms with Gasteiger partial charge in [0, 0.05) is 23.9 Å². The number of carbonyl (C=O) groups excluding carboxylic acids is 1. The van der Waals surface area contributed by atoms with Gasteiger partial charge in [0.2, 0.25) is 5.91 Å². The molecule has 1 aliphatic heterocycles. The monoisotopic (exact) mass is 224 g/mol. The summed E-state index contributed by atoms with van der Waals surface area (Å²) in [5.41, 5.74) is 1.07. The summed E-state index contributed by atoms with van der Waals surface area (Å²) < 4.78 is 0. The van der Waals surface area contributed by atoms with Crippen molar-refractivity contribution in [3.63, 3.8) is 0 Å². The lowest BCUT2D eigenvalue weighted by Gasteiger charge is -2.30. The summed E-state index contributed by atoms with van der Waals surface area (Å²) in [6.07, 6.45) is 3.82.